The van der Waals surface area contributed by atoms with Crippen molar-refractivity contribution in [3.05, 3.63) is 60.2 Å². The molecule has 1 saturated heterocycles. The van der Waals surface area contributed by atoms with Gasteiger partial charge in [0.25, 0.3) is 5.91 Å². The van der Waals surface area contributed by atoms with Gasteiger partial charge in [0, 0.05) is 36.0 Å². The van der Waals surface area contributed by atoms with Crippen molar-refractivity contribution in [2.24, 2.45) is 5.92 Å². The molecular formula is C25H28N4O3. The molecule has 0 saturated carbocycles. The van der Waals surface area contributed by atoms with Crippen LogP contribution in [0, 0.1) is 5.92 Å². The van der Waals surface area contributed by atoms with Crippen LogP contribution in [0.1, 0.15) is 30.1 Å². The molecule has 0 spiro atoms. The summed E-state index contributed by atoms with van der Waals surface area (Å²) >= 11 is 0. The first-order chi connectivity index (χ1) is 15.6. The van der Waals surface area contributed by atoms with Crippen molar-refractivity contribution in [3.63, 3.8) is 0 Å². The van der Waals surface area contributed by atoms with E-state index in [0.29, 0.717) is 22.7 Å². The summed E-state index contributed by atoms with van der Waals surface area (Å²) in [6, 6.07) is 16.7. The standard InChI is InChI=1S/C25H28N4O3/c1-17-9-11-29(12-10-17)24-8-7-23(27-28-24)18-5-4-6-20(13-18)26-25(30)19-14-21(31-2)16-22(15-19)32-3/h4-8,13-17H,9-12H2,1-3H3,(H,26,30). The Balaban J connectivity index is 1.48. The normalized spacial score (nSPS) is 14.2. The van der Waals surface area contributed by atoms with Crippen LogP contribution in [-0.4, -0.2) is 43.4 Å². The third kappa shape index (κ3) is 4.99. The molecule has 1 aliphatic heterocycles. The number of benzene rings is 2. The lowest BCUT2D eigenvalue weighted by Gasteiger charge is -2.30. The molecule has 0 radical (unpaired) electrons. The molecular weight excluding hydrogens is 404 g/mol. The number of hydrogen-bond donors (Lipinski definition) is 1. The molecule has 7 heteroatoms. The Hall–Kier alpha value is -3.61. The molecule has 1 fully saturated rings. The number of nitrogens with zero attached hydrogens (tertiary/aromatic N) is 3. The number of methoxy groups -OCH3 is 2. The molecule has 1 N–H and O–H groups in total. The van der Waals surface area contributed by atoms with E-state index in [1.54, 1.807) is 32.4 Å². The minimum atomic E-state index is -0.250. The summed E-state index contributed by atoms with van der Waals surface area (Å²) in [6.07, 6.45) is 2.37. The fourth-order valence-corrected chi connectivity index (χ4v) is 3.78. The van der Waals surface area contributed by atoms with Gasteiger partial charge in [-0.05, 0) is 55.2 Å². The number of ether oxygens (including phenoxy) is 2. The highest BCUT2D eigenvalue weighted by molar-refractivity contribution is 6.05. The summed E-state index contributed by atoms with van der Waals surface area (Å²) in [5, 5.41) is 11.8. The van der Waals surface area contributed by atoms with Crippen LogP contribution >= 0.6 is 0 Å². The molecule has 0 atom stereocenters. The van der Waals surface area contributed by atoms with Gasteiger partial charge in [0.2, 0.25) is 0 Å². The lowest BCUT2D eigenvalue weighted by atomic mass is 9.99. The predicted octanol–water partition coefficient (Wildman–Crippen LogP) is 4.65. The summed E-state index contributed by atoms with van der Waals surface area (Å²) in [5.41, 5.74) is 2.77. The molecule has 4 rings (SSSR count). The van der Waals surface area contributed by atoms with Crippen LogP contribution < -0.4 is 19.7 Å². The maximum Gasteiger partial charge on any atom is 0.255 e. The number of hydrogen-bond acceptors (Lipinski definition) is 6. The Bertz CT molecular complexity index is 1050. The Kier molecular flexibility index (Phi) is 6.54. The van der Waals surface area contributed by atoms with Gasteiger partial charge < -0.3 is 19.7 Å². The number of aromatic nitrogens is 2. The molecule has 0 aliphatic carbocycles. The SMILES string of the molecule is COc1cc(OC)cc(C(=O)Nc2cccc(-c3ccc(N4CCC(C)CC4)nn3)c2)c1. The molecule has 0 bridgehead atoms. The van der Waals surface area contributed by atoms with Crippen LogP contribution in [0.5, 0.6) is 11.5 Å². The second-order valence-corrected chi connectivity index (χ2v) is 8.08. The van der Waals surface area contributed by atoms with Crippen molar-refractivity contribution in [2.45, 2.75) is 19.8 Å². The van der Waals surface area contributed by atoms with E-state index in [0.717, 1.165) is 36.1 Å². The van der Waals surface area contributed by atoms with E-state index < -0.39 is 0 Å². The largest absolute Gasteiger partial charge is 0.497 e. The molecule has 1 amide bonds. The topological polar surface area (TPSA) is 76.6 Å². The van der Waals surface area contributed by atoms with Gasteiger partial charge in [0.05, 0.1) is 19.9 Å². The van der Waals surface area contributed by atoms with Crippen molar-refractivity contribution in [1.82, 2.24) is 10.2 Å². The maximum absolute atomic E-state index is 12.8. The van der Waals surface area contributed by atoms with Gasteiger partial charge in [-0.3, -0.25) is 4.79 Å². The van der Waals surface area contributed by atoms with Gasteiger partial charge in [-0.1, -0.05) is 19.1 Å². The van der Waals surface area contributed by atoms with Crippen molar-refractivity contribution in [1.29, 1.82) is 0 Å². The third-order valence-corrected chi connectivity index (χ3v) is 5.79. The number of piperidine rings is 1. The zero-order valence-corrected chi connectivity index (χ0v) is 18.7. The fourth-order valence-electron chi connectivity index (χ4n) is 3.78. The lowest BCUT2D eigenvalue weighted by Crippen LogP contribution is -2.33. The molecule has 166 valence electrons. The van der Waals surface area contributed by atoms with Crippen LogP contribution in [0.3, 0.4) is 0 Å². The highest BCUT2D eigenvalue weighted by Gasteiger charge is 2.17. The van der Waals surface area contributed by atoms with E-state index in [9.17, 15) is 4.79 Å². The highest BCUT2D eigenvalue weighted by atomic mass is 16.5. The van der Waals surface area contributed by atoms with E-state index in [-0.39, 0.29) is 5.91 Å². The van der Waals surface area contributed by atoms with E-state index in [1.165, 1.54) is 12.8 Å². The first kappa shape index (κ1) is 21.6. The monoisotopic (exact) mass is 432 g/mol. The number of nitrogens with one attached hydrogen (secondary N) is 1. The van der Waals surface area contributed by atoms with Gasteiger partial charge in [-0.25, -0.2) is 0 Å². The molecule has 0 unspecified atom stereocenters. The van der Waals surface area contributed by atoms with Gasteiger partial charge in [-0.15, -0.1) is 10.2 Å². The van der Waals surface area contributed by atoms with E-state index >= 15 is 0 Å². The molecule has 2 aromatic carbocycles. The number of carbonyl (C=O) groups is 1. The second kappa shape index (κ2) is 9.68. The van der Waals surface area contributed by atoms with E-state index in [4.69, 9.17) is 9.47 Å². The fraction of sp³-hybridized carbons (Fsp3) is 0.320. The second-order valence-electron chi connectivity index (χ2n) is 8.08. The number of carbonyl (C=O) groups excluding carboxylic acids is 1. The number of anilines is 2. The van der Waals surface area contributed by atoms with Gasteiger partial charge in [0.1, 0.15) is 11.5 Å². The third-order valence-electron chi connectivity index (χ3n) is 5.79. The summed E-state index contributed by atoms with van der Waals surface area (Å²) in [7, 11) is 3.11. The lowest BCUT2D eigenvalue weighted by molar-refractivity contribution is 0.102. The van der Waals surface area contributed by atoms with Crippen molar-refractivity contribution < 1.29 is 14.3 Å². The summed E-state index contributed by atoms with van der Waals surface area (Å²) < 4.78 is 10.5. The Labute approximate surface area is 188 Å². The summed E-state index contributed by atoms with van der Waals surface area (Å²) in [5.74, 6) is 2.55. The first-order valence-corrected chi connectivity index (χ1v) is 10.8. The Morgan fingerprint density at radius 3 is 2.31 bits per heavy atom. The van der Waals surface area contributed by atoms with Crippen molar-refractivity contribution in [2.75, 3.05) is 37.5 Å². The summed E-state index contributed by atoms with van der Waals surface area (Å²) in [4.78, 5) is 15.1. The predicted molar refractivity (Wildman–Crippen MR) is 126 cm³/mol. The average Bonchev–Trinajstić information content (AvgIpc) is 2.84. The van der Waals surface area contributed by atoms with E-state index in [2.05, 4.69) is 27.3 Å². The molecule has 32 heavy (non-hydrogen) atoms. The first-order valence-electron chi connectivity index (χ1n) is 10.8. The molecule has 3 aromatic rings. The molecule has 7 nitrogen and oxygen atoms in total. The average molecular weight is 433 g/mol. The zero-order chi connectivity index (χ0) is 22.5. The van der Waals surface area contributed by atoms with Crippen LogP contribution in [0.25, 0.3) is 11.3 Å². The van der Waals surface area contributed by atoms with E-state index in [1.807, 2.05) is 36.4 Å². The quantitative estimate of drug-likeness (QED) is 0.611. The number of amides is 1. The number of rotatable bonds is 6. The molecule has 1 aromatic heterocycles. The van der Waals surface area contributed by atoms with Gasteiger partial charge in [-0.2, -0.15) is 0 Å². The van der Waals surface area contributed by atoms with Crippen LogP contribution in [0.2, 0.25) is 0 Å². The minimum Gasteiger partial charge on any atom is -0.497 e. The smallest absolute Gasteiger partial charge is 0.255 e. The zero-order valence-electron chi connectivity index (χ0n) is 18.7. The maximum atomic E-state index is 12.8. The van der Waals surface area contributed by atoms with Crippen molar-refractivity contribution >= 4 is 17.4 Å². The summed E-state index contributed by atoms with van der Waals surface area (Å²) in [6.45, 7) is 4.33. The minimum absolute atomic E-state index is 0.250. The highest BCUT2D eigenvalue weighted by Crippen LogP contribution is 2.26. The van der Waals surface area contributed by atoms with Crippen LogP contribution in [0.15, 0.2) is 54.6 Å². The Morgan fingerprint density at radius 2 is 1.69 bits per heavy atom. The van der Waals surface area contributed by atoms with Crippen LogP contribution in [-0.2, 0) is 0 Å². The van der Waals surface area contributed by atoms with Gasteiger partial charge in [0.15, 0.2) is 5.82 Å². The Morgan fingerprint density at radius 1 is 0.969 bits per heavy atom. The van der Waals surface area contributed by atoms with Crippen molar-refractivity contribution in [3.8, 4) is 22.8 Å². The van der Waals surface area contributed by atoms with Gasteiger partial charge >= 0.3 is 0 Å². The van der Waals surface area contributed by atoms with Crippen LogP contribution in [0.4, 0.5) is 11.5 Å². The molecule has 1 aliphatic rings. The molecule has 2 heterocycles.